The highest BCUT2D eigenvalue weighted by Crippen LogP contribution is 2.25. The summed E-state index contributed by atoms with van der Waals surface area (Å²) in [5, 5.41) is 20.4. The monoisotopic (exact) mass is 353 g/mol. The molecule has 136 valence electrons. The number of fused-ring (bicyclic) bond motifs is 1. The predicted octanol–water partition coefficient (Wildman–Crippen LogP) is 3.15. The molecule has 0 unspecified atom stereocenters. The van der Waals surface area contributed by atoms with Gasteiger partial charge in [-0.15, -0.1) is 0 Å². The van der Waals surface area contributed by atoms with Gasteiger partial charge in [0.15, 0.2) is 5.65 Å². The molecule has 0 spiro atoms. The number of rotatable bonds is 5. The average molecular weight is 353 g/mol. The molecule has 1 atom stereocenters. The van der Waals surface area contributed by atoms with E-state index >= 15 is 0 Å². The zero-order chi connectivity index (χ0) is 17.9. The first-order valence-electron chi connectivity index (χ1n) is 8.21. The second-order valence-electron chi connectivity index (χ2n) is 5.89. The van der Waals surface area contributed by atoms with Crippen LogP contribution in [0.25, 0.3) is 22.3 Å². The van der Waals surface area contributed by atoms with Crippen LogP contribution in [0.1, 0.15) is 26.4 Å². The minimum Gasteiger partial charge on any atom is -0.394 e. The first kappa shape index (κ1) is 16.0. The Morgan fingerprint density at radius 1 is 1.23 bits per heavy atom. The number of benzene rings is 1. The molecule has 1 amide bonds. The van der Waals surface area contributed by atoms with Gasteiger partial charge < -0.3 is 15.4 Å². The van der Waals surface area contributed by atoms with Crippen LogP contribution in [0.2, 0.25) is 0 Å². The van der Waals surface area contributed by atoms with Crippen molar-refractivity contribution in [2.24, 2.45) is 0 Å². The van der Waals surface area contributed by atoms with Crippen molar-refractivity contribution >= 4 is 16.9 Å². The van der Waals surface area contributed by atoms with Crippen molar-refractivity contribution in [3.05, 3.63) is 72.2 Å². The van der Waals surface area contributed by atoms with Crippen LogP contribution in [-0.4, -0.2) is 37.8 Å². The van der Waals surface area contributed by atoms with Gasteiger partial charge in [0.2, 0.25) is 0 Å². The zero-order valence-electron chi connectivity index (χ0n) is 13.8. The second-order valence-corrected chi connectivity index (χ2v) is 5.89. The smallest absolute Gasteiger partial charge is 0.268 e. The van der Waals surface area contributed by atoms with Gasteiger partial charge in [-0.25, -0.2) is 4.98 Å². The third-order valence-electron chi connectivity index (χ3n) is 4.24. The van der Waals surface area contributed by atoms with Gasteiger partial charge in [-0.05, 0) is 23.8 Å². The van der Waals surface area contributed by atoms with E-state index in [0.717, 1.165) is 22.2 Å². The minimum absolute atomic E-state index is 0. The number of hydrogen-bond acceptors (Lipinski definition) is 4. The molecule has 4 rings (SSSR count). The number of carbonyl (C=O) groups is 1. The van der Waals surface area contributed by atoms with E-state index in [0.29, 0.717) is 11.3 Å². The second kappa shape index (κ2) is 6.81. The van der Waals surface area contributed by atoms with E-state index in [2.05, 4.69) is 25.5 Å². The molecule has 26 heavy (non-hydrogen) atoms. The Morgan fingerprint density at radius 2 is 2.08 bits per heavy atom. The van der Waals surface area contributed by atoms with Crippen LogP contribution in [0.4, 0.5) is 0 Å². The summed E-state index contributed by atoms with van der Waals surface area (Å²) in [6.07, 6.45) is 3.42. The average Bonchev–Trinajstić information content (AvgIpc) is 3.33. The molecule has 3 aromatic heterocycles. The van der Waals surface area contributed by atoms with Gasteiger partial charge in [-0.1, -0.05) is 30.3 Å². The molecule has 0 saturated heterocycles. The van der Waals surface area contributed by atoms with Gasteiger partial charge in [0.1, 0.15) is 5.69 Å². The third kappa shape index (κ3) is 2.96. The number of aromatic amines is 2. The molecule has 0 aliphatic rings. The van der Waals surface area contributed by atoms with Crippen LogP contribution in [0.3, 0.4) is 0 Å². The standard InChI is InChI=1S/C19H17N5O2.3H2/c25-11-16(12-5-2-1-3-6-12)22-19(26)15-9-13(10-21-15)17-14-7-4-8-20-18(14)24-23-17;;;/h1-10,16,21,25H,11H2,(H,22,26)(H,20,23,24);3*1H/t16-;;;/m1.../s1. The molecule has 0 aliphatic carbocycles. The van der Waals surface area contributed by atoms with Crippen molar-refractivity contribution in [2.75, 3.05) is 6.61 Å². The minimum atomic E-state index is -0.465. The topological polar surface area (TPSA) is 107 Å². The maximum Gasteiger partial charge on any atom is 0.268 e. The highest BCUT2D eigenvalue weighted by molar-refractivity contribution is 5.96. The Hall–Kier alpha value is -3.45. The zero-order valence-corrected chi connectivity index (χ0v) is 13.8. The van der Waals surface area contributed by atoms with E-state index in [1.165, 1.54) is 0 Å². The Bertz CT molecular complexity index is 1050. The van der Waals surface area contributed by atoms with Crippen LogP contribution in [0.5, 0.6) is 0 Å². The number of carbonyl (C=O) groups excluding carboxylic acids is 1. The summed E-state index contributed by atoms with van der Waals surface area (Å²) in [5.41, 5.74) is 3.48. The molecule has 7 nitrogen and oxygen atoms in total. The van der Waals surface area contributed by atoms with Gasteiger partial charge in [0.25, 0.3) is 5.91 Å². The number of amides is 1. The number of H-pyrrole nitrogens is 2. The molecule has 7 heteroatoms. The summed E-state index contributed by atoms with van der Waals surface area (Å²) < 4.78 is 0. The number of aromatic nitrogens is 4. The normalized spacial score (nSPS) is 12.2. The summed E-state index contributed by atoms with van der Waals surface area (Å²) in [6, 6.07) is 14.4. The fraction of sp³-hybridized carbons (Fsp3) is 0.105. The van der Waals surface area contributed by atoms with Gasteiger partial charge in [0, 0.05) is 27.6 Å². The van der Waals surface area contributed by atoms with E-state index in [1.54, 1.807) is 18.5 Å². The van der Waals surface area contributed by atoms with Crippen LogP contribution < -0.4 is 5.32 Å². The number of aliphatic hydroxyl groups is 1. The molecule has 1 aromatic carbocycles. The summed E-state index contributed by atoms with van der Waals surface area (Å²) >= 11 is 0. The molecule has 0 saturated carbocycles. The number of nitrogens with zero attached hydrogens (tertiary/aromatic N) is 2. The number of hydrogen-bond donors (Lipinski definition) is 4. The Labute approximate surface area is 153 Å². The predicted molar refractivity (Wildman–Crippen MR) is 104 cm³/mol. The summed E-state index contributed by atoms with van der Waals surface area (Å²) in [5.74, 6) is -0.291. The van der Waals surface area contributed by atoms with E-state index in [9.17, 15) is 9.90 Å². The third-order valence-corrected chi connectivity index (χ3v) is 4.24. The maximum absolute atomic E-state index is 12.5. The first-order valence-corrected chi connectivity index (χ1v) is 8.21. The van der Waals surface area contributed by atoms with Gasteiger partial charge in [0.05, 0.1) is 18.3 Å². The van der Waals surface area contributed by atoms with Gasteiger partial charge >= 0.3 is 0 Å². The SMILES string of the molecule is O=C(N[C@H](CO)c1ccccc1)c1cc(-c2[nH]nc3ncccc23)c[nH]1.[HH].[HH].[HH]. The summed E-state index contributed by atoms with van der Waals surface area (Å²) in [4.78, 5) is 19.7. The molecule has 0 radical (unpaired) electrons. The number of pyridine rings is 1. The summed E-state index contributed by atoms with van der Waals surface area (Å²) in [6.45, 7) is -0.180. The van der Waals surface area contributed by atoms with Crippen molar-refractivity contribution in [3.63, 3.8) is 0 Å². The number of aliphatic hydroxyl groups excluding tert-OH is 1. The highest BCUT2D eigenvalue weighted by Gasteiger charge is 2.17. The van der Waals surface area contributed by atoms with Crippen molar-refractivity contribution in [1.82, 2.24) is 25.5 Å². The fourth-order valence-electron chi connectivity index (χ4n) is 2.90. The lowest BCUT2D eigenvalue weighted by Gasteiger charge is -2.16. The van der Waals surface area contributed by atoms with Gasteiger partial charge in [-0.2, -0.15) is 5.10 Å². The first-order chi connectivity index (χ1) is 12.8. The quantitative estimate of drug-likeness (QED) is 0.442. The lowest BCUT2D eigenvalue weighted by Crippen LogP contribution is -2.30. The number of nitrogens with one attached hydrogen (secondary N) is 3. The lowest BCUT2D eigenvalue weighted by molar-refractivity contribution is 0.0912. The van der Waals surface area contributed by atoms with E-state index in [4.69, 9.17) is 0 Å². The molecule has 0 aliphatic heterocycles. The van der Waals surface area contributed by atoms with Crippen LogP contribution in [0.15, 0.2) is 60.9 Å². The van der Waals surface area contributed by atoms with Crippen LogP contribution in [-0.2, 0) is 0 Å². The molecule has 3 heterocycles. The maximum atomic E-state index is 12.5. The summed E-state index contributed by atoms with van der Waals surface area (Å²) in [7, 11) is 0. The molecular formula is C19H23N5O2. The van der Waals surface area contributed by atoms with Crippen LogP contribution in [0, 0.1) is 0 Å². The fourth-order valence-corrected chi connectivity index (χ4v) is 2.90. The van der Waals surface area contributed by atoms with Crippen molar-refractivity contribution < 1.29 is 14.2 Å². The largest absolute Gasteiger partial charge is 0.394 e. The van der Waals surface area contributed by atoms with Crippen molar-refractivity contribution in [1.29, 1.82) is 0 Å². The highest BCUT2D eigenvalue weighted by atomic mass is 16.3. The van der Waals surface area contributed by atoms with Crippen molar-refractivity contribution in [3.8, 4) is 11.3 Å². The van der Waals surface area contributed by atoms with Gasteiger partial charge in [-0.3, -0.25) is 9.89 Å². The van der Waals surface area contributed by atoms with E-state index in [-0.39, 0.29) is 16.8 Å². The Balaban J connectivity index is 0.00000140. The molecular weight excluding hydrogens is 330 g/mol. The molecule has 0 fully saturated rings. The van der Waals surface area contributed by atoms with E-state index < -0.39 is 6.04 Å². The molecule has 0 bridgehead atoms. The van der Waals surface area contributed by atoms with E-state index in [1.807, 2.05) is 42.5 Å². The molecule has 4 aromatic rings. The molecule has 4 N–H and O–H groups in total. The Kier molecular flexibility index (Phi) is 4.20. The van der Waals surface area contributed by atoms with Crippen molar-refractivity contribution in [2.45, 2.75) is 6.04 Å². The lowest BCUT2D eigenvalue weighted by atomic mass is 10.1. The van der Waals surface area contributed by atoms with Crippen LogP contribution >= 0.6 is 0 Å². The Morgan fingerprint density at radius 3 is 2.88 bits per heavy atom.